The molecule has 1 aliphatic heterocycles. The highest BCUT2D eigenvalue weighted by Gasteiger charge is 2.42. The lowest BCUT2D eigenvalue weighted by atomic mass is 9.68. The topological polar surface area (TPSA) is 89.3 Å². The molecular formula is C18H26N4O2. The molecule has 0 bridgehead atoms. The van der Waals surface area contributed by atoms with Gasteiger partial charge in [0.15, 0.2) is 0 Å². The van der Waals surface area contributed by atoms with Crippen LogP contribution in [-0.4, -0.2) is 30.1 Å². The van der Waals surface area contributed by atoms with Gasteiger partial charge in [-0.2, -0.15) is 0 Å². The zero-order chi connectivity index (χ0) is 16.5. The van der Waals surface area contributed by atoms with Crippen molar-refractivity contribution in [1.29, 1.82) is 0 Å². The van der Waals surface area contributed by atoms with Gasteiger partial charge in [0.05, 0.1) is 12.8 Å². The van der Waals surface area contributed by atoms with Crippen LogP contribution in [0.4, 0.5) is 0 Å². The fourth-order valence-electron chi connectivity index (χ4n) is 4.11. The van der Waals surface area contributed by atoms with E-state index in [1.165, 1.54) is 18.4 Å². The molecule has 6 nitrogen and oxygen atoms in total. The van der Waals surface area contributed by atoms with Crippen LogP contribution in [0.1, 0.15) is 43.6 Å². The third kappa shape index (κ3) is 3.26. The second kappa shape index (κ2) is 6.69. The number of ether oxygens (including phenoxy) is 1. The van der Waals surface area contributed by atoms with Crippen LogP contribution < -0.4 is 21.3 Å². The van der Waals surface area contributed by atoms with Gasteiger partial charge in [-0.15, -0.1) is 0 Å². The fourth-order valence-corrected chi connectivity index (χ4v) is 4.11. The van der Waals surface area contributed by atoms with Crippen molar-refractivity contribution in [2.24, 2.45) is 23.5 Å². The number of carbonyl (C=O) groups is 1. The zero-order valence-electron chi connectivity index (χ0n) is 13.9. The Kier molecular flexibility index (Phi) is 4.41. The van der Waals surface area contributed by atoms with Gasteiger partial charge < -0.3 is 10.5 Å². The molecule has 1 aromatic heterocycles. The van der Waals surface area contributed by atoms with E-state index in [1.54, 1.807) is 6.20 Å². The first-order chi connectivity index (χ1) is 11.7. The van der Waals surface area contributed by atoms with E-state index in [4.69, 9.17) is 10.5 Å². The monoisotopic (exact) mass is 330 g/mol. The predicted octanol–water partition coefficient (Wildman–Crippen LogP) is 1.33. The van der Waals surface area contributed by atoms with E-state index in [0.29, 0.717) is 18.4 Å². The third-order valence-electron chi connectivity index (χ3n) is 5.78. The Balaban J connectivity index is 1.46. The molecule has 3 fully saturated rings. The Bertz CT molecular complexity index is 604. The minimum Gasteiger partial charge on any atom is -0.492 e. The van der Waals surface area contributed by atoms with Crippen molar-refractivity contribution < 1.29 is 9.53 Å². The van der Waals surface area contributed by atoms with Crippen molar-refractivity contribution in [2.75, 3.05) is 13.2 Å². The van der Waals surface area contributed by atoms with Gasteiger partial charge in [0.2, 0.25) is 5.91 Å². The Labute approximate surface area is 142 Å². The molecule has 4 rings (SSSR count). The van der Waals surface area contributed by atoms with E-state index < -0.39 is 0 Å². The molecule has 4 N–H and O–H groups in total. The molecule has 1 saturated heterocycles. The number of carbonyl (C=O) groups excluding carboxylic acids is 1. The first-order valence-electron chi connectivity index (χ1n) is 9.07. The Hall–Kier alpha value is -1.66. The number of nitrogens with two attached hydrogens (primary N) is 1. The molecule has 0 spiro atoms. The lowest BCUT2D eigenvalue weighted by molar-refractivity contribution is -0.133. The molecular weight excluding hydrogens is 304 g/mol. The van der Waals surface area contributed by atoms with Crippen molar-refractivity contribution in [3.63, 3.8) is 0 Å². The summed E-state index contributed by atoms with van der Waals surface area (Å²) in [6, 6.07) is 2.28. The number of nitrogens with zero attached hydrogens (tertiary/aromatic N) is 1. The third-order valence-corrected chi connectivity index (χ3v) is 5.78. The molecule has 6 heteroatoms. The van der Waals surface area contributed by atoms with Gasteiger partial charge in [-0.1, -0.05) is 0 Å². The number of fused-ring (bicyclic) bond motifs is 1. The van der Waals surface area contributed by atoms with Gasteiger partial charge in [0.25, 0.3) is 0 Å². The van der Waals surface area contributed by atoms with Crippen molar-refractivity contribution >= 4 is 5.91 Å². The van der Waals surface area contributed by atoms with Gasteiger partial charge in [0, 0.05) is 24.7 Å². The minimum absolute atomic E-state index is 0.0818. The molecule has 1 aromatic rings. The summed E-state index contributed by atoms with van der Waals surface area (Å²) >= 11 is 0. The highest BCUT2D eigenvalue weighted by molar-refractivity contribution is 5.79. The van der Waals surface area contributed by atoms with E-state index in [-0.39, 0.29) is 17.9 Å². The van der Waals surface area contributed by atoms with Crippen LogP contribution in [0.15, 0.2) is 18.5 Å². The second-order valence-electron chi connectivity index (χ2n) is 7.46. The van der Waals surface area contributed by atoms with Crippen molar-refractivity contribution in [2.45, 2.75) is 44.1 Å². The van der Waals surface area contributed by atoms with Gasteiger partial charge in [-0.3, -0.25) is 15.2 Å². The maximum Gasteiger partial charge on any atom is 0.237 e. The Morgan fingerprint density at radius 1 is 1.25 bits per heavy atom. The number of nitrogens with one attached hydrogen (secondary N) is 2. The number of pyridine rings is 1. The van der Waals surface area contributed by atoms with Gasteiger partial charge in [0.1, 0.15) is 5.75 Å². The first kappa shape index (κ1) is 15.8. The number of aromatic nitrogens is 1. The Morgan fingerprint density at radius 3 is 2.92 bits per heavy atom. The zero-order valence-corrected chi connectivity index (χ0v) is 13.9. The standard InChI is InChI=1S/C18H26N4O2/c19-7-17-16-6-12(3-4-15(16)18(23)22-21-17)13-5-14(9-20-8-13)24-10-11-1-2-11/h5,8-9,11-12,15-17,21H,1-4,6-7,10,19H2,(H,22,23). The van der Waals surface area contributed by atoms with Crippen LogP contribution in [0.25, 0.3) is 0 Å². The summed E-state index contributed by atoms with van der Waals surface area (Å²) in [5.41, 5.74) is 13.0. The summed E-state index contributed by atoms with van der Waals surface area (Å²) in [7, 11) is 0. The predicted molar refractivity (Wildman–Crippen MR) is 90.1 cm³/mol. The maximum atomic E-state index is 12.1. The van der Waals surface area contributed by atoms with Crippen LogP contribution >= 0.6 is 0 Å². The van der Waals surface area contributed by atoms with Crippen molar-refractivity contribution in [1.82, 2.24) is 15.8 Å². The quantitative estimate of drug-likeness (QED) is 0.758. The summed E-state index contributed by atoms with van der Waals surface area (Å²) in [6.07, 6.45) is 9.22. The molecule has 4 unspecified atom stereocenters. The average molecular weight is 330 g/mol. The second-order valence-corrected chi connectivity index (χ2v) is 7.46. The van der Waals surface area contributed by atoms with Crippen LogP contribution in [0.5, 0.6) is 5.75 Å². The van der Waals surface area contributed by atoms with Crippen molar-refractivity contribution in [3.05, 3.63) is 24.0 Å². The van der Waals surface area contributed by atoms with Crippen LogP contribution in [-0.2, 0) is 4.79 Å². The van der Waals surface area contributed by atoms with E-state index >= 15 is 0 Å². The van der Waals surface area contributed by atoms with Crippen LogP contribution in [0.3, 0.4) is 0 Å². The van der Waals surface area contributed by atoms with Gasteiger partial charge in [-0.25, -0.2) is 5.43 Å². The normalized spacial score (nSPS) is 32.8. The summed E-state index contributed by atoms with van der Waals surface area (Å²) in [4.78, 5) is 16.5. The molecule has 2 aliphatic carbocycles. The molecule has 2 heterocycles. The first-order valence-corrected chi connectivity index (χ1v) is 9.07. The summed E-state index contributed by atoms with van der Waals surface area (Å²) < 4.78 is 5.87. The Morgan fingerprint density at radius 2 is 2.12 bits per heavy atom. The molecule has 130 valence electrons. The number of hydrogen-bond acceptors (Lipinski definition) is 5. The summed E-state index contributed by atoms with van der Waals surface area (Å²) in [6.45, 7) is 1.34. The SMILES string of the molecule is NCC1NNC(=O)C2CCC(c3cncc(OCC4CC4)c3)CC12. The lowest BCUT2D eigenvalue weighted by Gasteiger charge is -2.43. The minimum atomic E-state index is 0.0818. The van der Waals surface area contributed by atoms with E-state index in [9.17, 15) is 4.79 Å². The highest BCUT2D eigenvalue weighted by Crippen LogP contribution is 2.42. The number of amides is 1. The van der Waals surface area contributed by atoms with Crippen LogP contribution in [0.2, 0.25) is 0 Å². The fraction of sp³-hybridized carbons (Fsp3) is 0.667. The van der Waals surface area contributed by atoms with E-state index in [2.05, 4.69) is 21.9 Å². The molecule has 0 aromatic carbocycles. The average Bonchev–Trinajstić information content (AvgIpc) is 3.45. The van der Waals surface area contributed by atoms with E-state index in [0.717, 1.165) is 37.5 Å². The smallest absolute Gasteiger partial charge is 0.237 e. The molecule has 4 atom stereocenters. The molecule has 24 heavy (non-hydrogen) atoms. The summed E-state index contributed by atoms with van der Waals surface area (Å²) in [5.74, 6) is 2.52. The number of rotatable bonds is 5. The number of hydrogen-bond donors (Lipinski definition) is 3. The number of hydrazine groups is 1. The highest BCUT2D eigenvalue weighted by atomic mass is 16.5. The summed E-state index contributed by atoms with van der Waals surface area (Å²) in [5, 5.41) is 0. The largest absolute Gasteiger partial charge is 0.492 e. The molecule has 1 amide bonds. The van der Waals surface area contributed by atoms with E-state index in [1.807, 2.05) is 6.20 Å². The van der Waals surface area contributed by atoms with Crippen LogP contribution in [0, 0.1) is 17.8 Å². The molecule has 2 saturated carbocycles. The molecule has 3 aliphatic rings. The van der Waals surface area contributed by atoms with Crippen molar-refractivity contribution in [3.8, 4) is 5.75 Å². The maximum absolute atomic E-state index is 12.1. The molecule has 0 radical (unpaired) electrons. The lowest BCUT2D eigenvalue weighted by Crippen LogP contribution is -2.62. The van der Waals surface area contributed by atoms with Gasteiger partial charge in [-0.05, 0) is 61.5 Å². The van der Waals surface area contributed by atoms with Gasteiger partial charge >= 0.3 is 0 Å².